The van der Waals surface area contributed by atoms with Crippen LogP contribution in [0.25, 0.3) is 6.08 Å². The fraction of sp³-hybridized carbons (Fsp3) is 0.167. The van der Waals surface area contributed by atoms with Crippen LogP contribution < -0.4 is 0 Å². The van der Waals surface area contributed by atoms with Gasteiger partial charge in [0.15, 0.2) is 0 Å². The molecule has 1 aromatic carbocycles. The third kappa shape index (κ3) is 1.48. The molecule has 0 spiro atoms. The summed E-state index contributed by atoms with van der Waals surface area (Å²) >= 11 is 0. The molecule has 0 fully saturated rings. The van der Waals surface area contributed by atoms with Crippen LogP contribution in [0.5, 0.6) is 0 Å². The molecule has 0 saturated carbocycles. The summed E-state index contributed by atoms with van der Waals surface area (Å²) in [6.45, 7) is 0. The van der Waals surface area contributed by atoms with Crippen LogP contribution in [0.1, 0.15) is 17.5 Å². The Kier molecular flexibility index (Phi) is 2.08. The van der Waals surface area contributed by atoms with Crippen molar-refractivity contribution in [3.8, 4) is 0 Å². The van der Waals surface area contributed by atoms with Crippen molar-refractivity contribution in [2.45, 2.75) is 12.8 Å². The Morgan fingerprint density at radius 3 is 2.83 bits per heavy atom. The van der Waals surface area contributed by atoms with E-state index in [2.05, 4.69) is 48.6 Å². The Balaban J connectivity index is 2.44. The van der Waals surface area contributed by atoms with Crippen molar-refractivity contribution in [2.75, 3.05) is 0 Å². The topological polar surface area (TPSA) is 0 Å². The molecule has 0 N–H and O–H groups in total. The molecule has 0 aromatic heterocycles. The molecular formula is C12H12. The predicted octanol–water partition coefficient (Wildman–Crippen LogP) is 3.20. The molecule has 1 aliphatic carbocycles. The summed E-state index contributed by atoms with van der Waals surface area (Å²) in [7, 11) is 0. The number of allylic oxidation sites excluding steroid dienone is 3. The number of hydrogen-bond donors (Lipinski definition) is 0. The number of hydrogen-bond acceptors (Lipinski definition) is 0. The van der Waals surface area contributed by atoms with E-state index in [1.807, 2.05) is 0 Å². The van der Waals surface area contributed by atoms with Crippen molar-refractivity contribution in [1.29, 1.82) is 0 Å². The second kappa shape index (κ2) is 3.40. The van der Waals surface area contributed by atoms with Gasteiger partial charge in [0.25, 0.3) is 0 Å². The molecule has 2 rings (SSSR count). The highest BCUT2D eigenvalue weighted by molar-refractivity contribution is 5.54. The van der Waals surface area contributed by atoms with Crippen LogP contribution >= 0.6 is 0 Å². The second-order valence-corrected chi connectivity index (χ2v) is 3.01. The summed E-state index contributed by atoms with van der Waals surface area (Å²) in [6.07, 6.45) is 11.0. The van der Waals surface area contributed by atoms with E-state index in [1.165, 1.54) is 11.1 Å². The zero-order chi connectivity index (χ0) is 8.23. The maximum Gasteiger partial charge on any atom is -0.00914 e. The summed E-state index contributed by atoms with van der Waals surface area (Å²) < 4.78 is 0. The van der Waals surface area contributed by atoms with Crippen LogP contribution in [0, 0.1) is 0 Å². The van der Waals surface area contributed by atoms with E-state index in [-0.39, 0.29) is 0 Å². The molecular weight excluding hydrogens is 144 g/mol. The summed E-state index contributed by atoms with van der Waals surface area (Å²) in [6, 6.07) is 8.55. The molecule has 1 aromatic rings. The summed E-state index contributed by atoms with van der Waals surface area (Å²) in [4.78, 5) is 0. The highest BCUT2D eigenvalue weighted by Crippen LogP contribution is 2.14. The van der Waals surface area contributed by atoms with Crippen molar-refractivity contribution in [2.24, 2.45) is 0 Å². The normalized spacial score (nSPS) is 20.3. The Morgan fingerprint density at radius 1 is 0.917 bits per heavy atom. The minimum atomic E-state index is 1.06. The Hall–Kier alpha value is -1.30. The molecule has 0 unspecified atom stereocenters. The van der Waals surface area contributed by atoms with Gasteiger partial charge in [-0.15, -0.1) is 0 Å². The molecule has 0 aliphatic heterocycles. The third-order valence-electron chi connectivity index (χ3n) is 2.13. The molecule has 0 radical (unpaired) electrons. The van der Waals surface area contributed by atoms with Crippen LogP contribution in [-0.4, -0.2) is 0 Å². The number of fused-ring (bicyclic) bond motifs is 1. The van der Waals surface area contributed by atoms with Crippen LogP contribution in [0.15, 0.2) is 42.5 Å². The molecule has 0 amide bonds. The Bertz CT molecular complexity index is 319. The largest absolute Gasteiger partial charge is 0.0844 e. The van der Waals surface area contributed by atoms with Crippen LogP contribution in [-0.2, 0) is 6.42 Å². The number of rotatable bonds is 0. The molecule has 0 bridgehead atoms. The van der Waals surface area contributed by atoms with Gasteiger partial charge in [-0.1, -0.05) is 48.6 Å². The average molecular weight is 156 g/mol. The SMILES string of the molecule is C1=C\Cc2ccccc2/C=C\C/1. The monoisotopic (exact) mass is 156 g/mol. The van der Waals surface area contributed by atoms with Gasteiger partial charge in [0, 0.05) is 0 Å². The molecule has 0 heteroatoms. The zero-order valence-electron chi connectivity index (χ0n) is 7.03. The average Bonchev–Trinajstić information content (AvgIpc) is 2.06. The van der Waals surface area contributed by atoms with Gasteiger partial charge in [0.1, 0.15) is 0 Å². The lowest BCUT2D eigenvalue weighted by atomic mass is 10.0. The smallest absolute Gasteiger partial charge is 0.00914 e. The van der Waals surface area contributed by atoms with Crippen molar-refractivity contribution in [1.82, 2.24) is 0 Å². The van der Waals surface area contributed by atoms with Gasteiger partial charge in [0.05, 0.1) is 0 Å². The lowest BCUT2D eigenvalue weighted by molar-refractivity contribution is 1.22. The second-order valence-electron chi connectivity index (χ2n) is 3.01. The van der Waals surface area contributed by atoms with Crippen molar-refractivity contribution in [3.05, 3.63) is 53.6 Å². The van der Waals surface area contributed by atoms with E-state index in [0.717, 1.165) is 12.8 Å². The van der Waals surface area contributed by atoms with Gasteiger partial charge in [-0.05, 0) is 24.0 Å². The minimum absolute atomic E-state index is 1.06. The molecule has 0 nitrogen and oxygen atoms in total. The molecule has 0 atom stereocenters. The fourth-order valence-electron chi connectivity index (χ4n) is 1.46. The minimum Gasteiger partial charge on any atom is -0.0844 e. The first-order valence-corrected chi connectivity index (χ1v) is 4.36. The molecule has 12 heavy (non-hydrogen) atoms. The van der Waals surface area contributed by atoms with Crippen LogP contribution in [0.3, 0.4) is 0 Å². The van der Waals surface area contributed by atoms with E-state index in [4.69, 9.17) is 0 Å². The van der Waals surface area contributed by atoms with Gasteiger partial charge in [-0.3, -0.25) is 0 Å². The van der Waals surface area contributed by atoms with Gasteiger partial charge >= 0.3 is 0 Å². The Morgan fingerprint density at radius 2 is 1.83 bits per heavy atom. The van der Waals surface area contributed by atoms with Gasteiger partial charge in [0.2, 0.25) is 0 Å². The van der Waals surface area contributed by atoms with E-state index >= 15 is 0 Å². The van der Waals surface area contributed by atoms with Crippen LogP contribution in [0.4, 0.5) is 0 Å². The highest BCUT2D eigenvalue weighted by Gasteiger charge is 1.96. The first-order chi connectivity index (χ1) is 5.97. The van der Waals surface area contributed by atoms with Crippen molar-refractivity contribution < 1.29 is 0 Å². The van der Waals surface area contributed by atoms with E-state index in [1.54, 1.807) is 0 Å². The first-order valence-electron chi connectivity index (χ1n) is 4.36. The van der Waals surface area contributed by atoms with E-state index < -0.39 is 0 Å². The lowest BCUT2D eigenvalue weighted by Crippen LogP contribution is -1.87. The van der Waals surface area contributed by atoms with E-state index in [9.17, 15) is 0 Å². The molecule has 0 heterocycles. The van der Waals surface area contributed by atoms with Crippen molar-refractivity contribution in [3.63, 3.8) is 0 Å². The maximum atomic E-state index is 2.24. The Labute approximate surface area is 73.2 Å². The zero-order valence-corrected chi connectivity index (χ0v) is 7.03. The summed E-state index contributed by atoms with van der Waals surface area (Å²) in [5.74, 6) is 0. The lowest BCUT2D eigenvalue weighted by Gasteiger charge is -2.04. The number of benzene rings is 1. The van der Waals surface area contributed by atoms with Gasteiger partial charge in [-0.25, -0.2) is 0 Å². The molecule has 0 saturated heterocycles. The standard InChI is InChI=1S/C12H12/c1-2-4-8-12-10-6-5-9-11(12)7-3-1/h1,3-6,8-10H,2,7H2/b3-1-,8-4-. The predicted molar refractivity (Wildman–Crippen MR) is 52.9 cm³/mol. The van der Waals surface area contributed by atoms with Crippen molar-refractivity contribution >= 4 is 6.08 Å². The van der Waals surface area contributed by atoms with Crippen LogP contribution in [0.2, 0.25) is 0 Å². The third-order valence-corrected chi connectivity index (χ3v) is 2.13. The molecule has 1 aliphatic rings. The van der Waals surface area contributed by atoms with E-state index in [0.29, 0.717) is 0 Å². The first kappa shape index (κ1) is 7.35. The summed E-state index contributed by atoms with van der Waals surface area (Å²) in [5, 5.41) is 0. The molecule has 60 valence electrons. The highest BCUT2D eigenvalue weighted by atomic mass is 14.0. The van der Waals surface area contributed by atoms with Gasteiger partial charge < -0.3 is 0 Å². The van der Waals surface area contributed by atoms with Gasteiger partial charge in [-0.2, -0.15) is 0 Å². The maximum absolute atomic E-state index is 2.24. The fourth-order valence-corrected chi connectivity index (χ4v) is 1.46. The summed E-state index contributed by atoms with van der Waals surface area (Å²) in [5.41, 5.74) is 2.78. The quantitative estimate of drug-likeness (QED) is 0.506.